The molecule has 5 heteroatoms. The van der Waals surface area contributed by atoms with E-state index in [1.54, 1.807) is 0 Å². The summed E-state index contributed by atoms with van der Waals surface area (Å²) in [5, 5.41) is 11.5. The fourth-order valence-corrected chi connectivity index (χ4v) is 4.26. The Morgan fingerprint density at radius 3 is 2.63 bits per heavy atom. The van der Waals surface area contributed by atoms with Crippen LogP contribution in [-0.4, -0.2) is 16.2 Å². The fourth-order valence-electron chi connectivity index (χ4n) is 4.26. The first kappa shape index (κ1) is 12.9. The predicted octanol–water partition coefficient (Wildman–Crippen LogP) is 2.72. The largest absolute Gasteiger partial charge is 0.406 e. The second-order valence-electron chi connectivity index (χ2n) is 7.23. The van der Waals surface area contributed by atoms with Crippen LogP contribution in [-0.2, 0) is 0 Å². The second-order valence-corrected chi connectivity index (χ2v) is 7.23. The summed E-state index contributed by atoms with van der Waals surface area (Å²) in [6.45, 7) is 8.92. The smallest absolute Gasteiger partial charge is 0.315 e. The average molecular weight is 264 g/mol. The minimum absolute atomic E-state index is 0.216. The number of aromatic nitrogens is 2. The molecule has 2 aliphatic rings. The van der Waals surface area contributed by atoms with Gasteiger partial charge in [0.1, 0.15) is 0 Å². The maximum atomic E-state index is 5.75. The molecule has 0 aromatic carbocycles. The van der Waals surface area contributed by atoms with Gasteiger partial charge in [-0.1, -0.05) is 25.9 Å². The van der Waals surface area contributed by atoms with Gasteiger partial charge in [0.2, 0.25) is 5.89 Å². The molecule has 2 saturated carbocycles. The molecule has 5 nitrogen and oxygen atoms in total. The van der Waals surface area contributed by atoms with Gasteiger partial charge in [0.05, 0.1) is 6.04 Å². The lowest BCUT2D eigenvalue weighted by Crippen LogP contribution is -2.45. The van der Waals surface area contributed by atoms with E-state index in [9.17, 15) is 0 Å². The second kappa shape index (κ2) is 3.95. The van der Waals surface area contributed by atoms with Crippen LogP contribution in [0.3, 0.4) is 0 Å². The van der Waals surface area contributed by atoms with Crippen LogP contribution in [0.15, 0.2) is 4.42 Å². The third-order valence-electron chi connectivity index (χ3n) is 5.37. The van der Waals surface area contributed by atoms with Crippen molar-refractivity contribution in [3.63, 3.8) is 0 Å². The minimum atomic E-state index is -0.216. The first-order valence-corrected chi connectivity index (χ1v) is 7.18. The molecule has 1 aromatic heterocycles. The van der Waals surface area contributed by atoms with E-state index in [-0.39, 0.29) is 11.5 Å². The molecule has 4 unspecified atom stereocenters. The standard InChI is InChI=1S/C14H24N4O/c1-8(15)10-17-18-12(19-10)16-11-13(2,3)9-5-6-14(11,4)7-9/h8-9,11H,5-7,15H2,1-4H3,(H,16,18). The Bertz CT molecular complexity index is 477. The number of nitrogens with one attached hydrogen (secondary N) is 1. The molecule has 0 amide bonds. The normalized spacial score (nSPS) is 37.5. The lowest BCUT2D eigenvalue weighted by atomic mass is 9.68. The van der Waals surface area contributed by atoms with Gasteiger partial charge in [-0.05, 0) is 42.9 Å². The highest BCUT2D eigenvalue weighted by Gasteiger charge is 2.59. The van der Waals surface area contributed by atoms with Crippen LogP contribution in [0.1, 0.15) is 58.9 Å². The van der Waals surface area contributed by atoms with Crippen molar-refractivity contribution in [2.45, 2.75) is 59.0 Å². The van der Waals surface area contributed by atoms with Crippen molar-refractivity contribution in [1.82, 2.24) is 10.2 Å². The van der Waals surface area contributed by atoms with E-state index < -0.39 is 0 Å². The number of anilines is 1. The van der Waals surface area contributed by atoms with E-state index in [0.717, 1.165) is 5.92 Å². The number of nitrogens with zero attached hydrogens (tertiary/aromatic N) is 2. The number of nitrogens with two attached hydrogens (primary N) is 1. The highest BCUT2D eigenvalue weighted by molar-refractivity contribution is 5.28. The molecule has 2 bridgehead atoms. The minimum Gasteiger partial charge on any atom is -0.406 e. The lowest BCUT2D eigenvalue weighted by molar-refractivity contribution is 0.153. The van der Waals surface area contributed by atoms with Crippen molar-refractivity contribution in [2.24, 2.45) is 22.5 Å². The summed E-state index contributed by atoms with van der Waals surface area (Å²) in [6.07, 6.45) is 3.93. The summed E-state index contributed by atoms with van der Waals surface area (Å²) in [7, 11) is 0. The van der Waals surface area contributed by atoms with Crippen molar-refractivity contribution in [1.29, 1.82) is 0 Å². The van der Waals surface area contributed by atoms with Crippen LogP contribution in [0.5, 0.6) is 0 Å². The highest BCUT2D eigenvalue weighted by Crippen LogP contribution is 2.63. The molecule has 1 aromatic rings. The molecule has 3 N–H and O–H groups in total. The Balaban J connectivity index is 1.82. The molecule has 1 heterocycles. The summed E-state index contributed by atoms with van der Waals surface area (Å²) in [5.74, 6) is 1.29. The molecule has 2 aliphatic carbocycles. The highest BCUT2D eigenvalue weighted by atomic mass is 16.4. The van der Waals surface area contributed by atoms with Gasteiger partial charge in [-0.15, -0.1) is 5.10 Å². The maximum absolute atomic E-state index is 5.75. The van der Waals surface area contributed by atoms with Crippen molar-refractivity contribution in [3.05, 3.63) is 5.89 Å². The van der Waals surface area contributed by atoms with Gasteiger partial charge in [0.15, 0.2) is 0 Å². The molecule has 0 aliphatic heterocycles. The third-order valence-corrected chi connectivity index (χ3v) is 5.37. The van der Waals surface area contributed by atoms with E-state index >= 15 is 0 Å². The Labute approximate surface area is 114 Å². The van der Waals surface area contributed by atoms with E-state index in [0.29, 0.717) is 23.4 Å². The summed E-state index contributed by atoms with van der Waals surface area (Å²) in [5.41, 5.74) is 6.37. The molecule has 0 spiro atoms. The zero-order chi connectivity index (χ0) is 13.8. The van der Waals surface area contributed by atoms with E-state index in [2.05, 4.69) is 36.3 Å². The maximum Gasteiger partial charge on any atom is 0.315 e. The fraction of sp³-hybridized carbons (Fsp3) is 0.857. The molecule has 3 rings (SSSR count). The van der Waals surface area contributed by atoms with Crippen LogP contribution in [0.25, 0.3) is 0 Å². The first-order valence-electron chi connectivity index (χ1n) is 7.18. The number of hydrogen-bond acceptors (Lipinski definition) is 5. The number of fused-ring (bicyclic) bond motifs is 2. The molecule has 19 heavy (non-hydrogen) atoms. The van der Waals surface area contributed by atoms with Crippen LogP contribution in [0.2, 0.25) is 0 Å². The van der Waals surface area contributed by atoms with Gasteiger partial charge in [-0.3, -0.25) is 0 Å². The molecule has 0 saturated heterocycles. The summed E-state index contributed by atoms with van der Waals surface area (Å²) in [4.78, 5) is 0. The SMILES string of the molecule is CC(N)c1nnc(NC2C3(C)CCC(C3)C2(C)C)o1. The van der Waals surface area contributed by atoms with Gasteiger partial charge in [-0.2, -0.15) is 0 Å². The molecule has 106 valence electrons. The number of rotatable bonds is 3. The molecule has 4 atom stereocenters. The zero-order valence-electron chi connectivity index (χ0n) is 12.2. The molecule has 0 radical (unpaired) electrons. The van der Waals surface area contributed by atoms with Crippen molar-refractivity contribution in [2.75, 3.05) is 5.32 Å². The van der Waals surface area contributed by atoms with E-state index in [4.69, 9.17) is 10.2 Å². The Morgan fingerprint density at radius 1 is 1.37 bits per heavy atom. The Kier molecular flexibility index (Phi) is 2.68. The summed E-state index contributed by atoms with van der Waals surface area (Å²) in [6, 6.07) is 0.686. The summed E-state index contributed by atoms with van der Waals surface area (Å²) < 4.78 is 5.59. The van der Waals surface area contributed by atoms with E-state index in [1.807, 2.05) is 6.92 Å². The Hall–Kier alpha value is -1.10. The lowest BCUT2D eigenvalue weighted by Gasteiger charge is -2.42. The predicted molar refractivity (Wildman–Crippen MR) is 73.5 cm³/mol. The number of hydrogen-bond donors (Lipinski definition) is 2. The van der Waals surface area contributed by atoms with Gasteiger partial charge in [-0.25, -0.2) is 0 Å². The molecule has 2 fully saturated rings. The average Bonchev–Trinajstić information content (AvgIpc) is 2.95. The summed E-state index contributed by atoms with van der Waals surface area (Å²) >= 11 is 0. The van der Waals surface area contributed by atoms with Crippen molar-refractivity contribution < 1.29 is 4.42 Å². The van der Waals surface area contributed by atoms with Gasteiger partial charge >= 0.3 is 6.01 Å². The zero-order valence-corrected chi connectivity index (χ0v) is 12.2. The van der Waals surface area contributed by atoms with Crippen LogP contribution < -0.4 is 11.1 Å². The topological polar surface area (TPSA) is 77.0 Å². The molecular formula is C14H24N4O. The van der Waals surface area contributed by atoms with Crippen molar-refractivity contribution >= 4 is 6.01 Å². The molecular weight excluding hydrogens is 240 g/mol. The van der Waals surface area contributed by atoms with Gasteiger partial charge < -0.3 is 15.5 Å². The van der Waals surface area contributed by atoms with Gasteiger partial charge in [0, 0.05) is 6.04 Å². The Morgan fingerprint density at radius 2 is 2.11 bits per heavy atom. The van der Waals surface area contributed by atoms with Crippen LogP contribution in [0.4, 0.5) is 6.01 Å². The first-order chi connectivity index (χ1) is 8.83. The van der Waals surface area contributed by atoms with Crippen LogP contribution in [0, 0.1) is 16.7 Å². The third kappa shape index (κ3) is 1.86. The van der Waals surface area contributed by atoms with Gasteiger partial charge in [0.25, 0.3) is 0 Å². The van der Waals surface area contributed by atoms with Crippen molar-refractivity contribution in [3.8, 4) is 0 Å². The van der Waals surface area contributed by atoms with E-state index in [1.165, 1.54) is 19.3 Å². The quantitative estimate of drug-likeness (QED) is 0.877. The van der Waals surface area contributed by atoms with Crippen LogP contribution >= 0.6 is 0 Å². The monoisotopic (exact) mass is 264 g/mol.